The summed E-state index contributed by atoms with van der Waals surface area (Å²) in [5.41, 5.74) is 0.761. The van der Waals surface area contributed by atoms with Gasteiger partial charge in [0.1, 0.15) is 17.3 Å². The van der Waals surface area contributed by atoms with Gasteiger partial charge < -0.3 is 5.32 Å². The highest BCUT2D eigenvalue weighted by atomic mass is 19.1. The number of nitrogens with one attached hydrogen (secondary N) is 1. The molecule has 1 heterocycles. The first kappa shape index (κ1) is 10.5. The van der Waals surface area contributed by atoms with Gasteiger partial charge in [0.25, 0.3) is 0 Å². The zero-order valence-electron chi connectivity index (χ0n) is 8.45. The summed E-state index contributed by atoms with van der Waals surface area (Å²) in [6.45, 7) is 0.339. The molecule has 0 bridgehead atoms. The van der Waals surface area contributed by atoms with E-state index in [1.54, 1.807) is 18.5 Å². The Morgan fingerprint density at radius 2 is 1.81 bits per heavy atom. The molecule has 82 valence electrons. The molecule has 0 fully saturated rings. The van der Waals surface area contributed by atoms with Crippen LogP contribution >= 0.6 is 0 Å². The van der Waals surface area contributed by atoms with E-state index in [1.807, 2.05) is 6.07 Å². The molecule has 0 amide bonds. The van der Waals surface area contributed by atoms with Crippen LogP contribution in [0, 0.1) is 11.6 Å². The highest BCUT2D eigenvalue weighted by Crippen LogP contribution is 2.18. The van der Waals surface area contributed by atoms with E-state index in [0.29, 0.717) is 6.54 Å². The smallest absolute Gasteiger partial charge is 0.149 e. The van der Waals surface area contributed by atoms with E-state index in [1.165, 1.54) is 18.2 Å². The predicted octanol–water partition coefficient (Wildman–Crippen LogP) is 2.97. The van der Waals surface area contributed by atoms with Crippen LogP contribution in [0.1, 0.15) is 5.56 Å². The lowest BCUT2D eigenvalue weighted by atomic mass is 10.2. The van der Waals surface area contributed by atoms with Crippen molar-refractivity contribution < 1.29 is 8.78 Å². The normalized spacial score (nSPS) is 10.1. The third kappa shape index (κ3) is 2.34. The topological polar surface area (TPSA) is 24.9 Å². The van der Waals surface area contributed by atoms with E-state index in [-0.39, 0.29) is 5.69 Å². The van der Waals surface area contributed by atoms with Crippen LogP contribution in [0.5, 0.6) is 0 Å². The maximum Gasteiger partial charge on any atom is 0.149 e. The molecule has 0 unspecified atom stereocenters. The minimum absolute atomic E-state index is 0.105. The first-order valence-corrected chi connectivity index (χ1v) is 4.84. The number of rotatable bonds is 3. The first-order valence-electron chi connectivity index (χ1n) is 4.84. The van der Waals surface area contributed by atoms with Crippen molar-refractivity contribution in [1.82, 2.24) is 4.98 Å². The van der Waals surface area contributed by atoms with Gasteiger partial charge in [-0.25, -0.2) is 8.78 Å². The maximum absolute atomic E-state index is 13.2. The van der Waals surface area contributed by atoms with Gasteiger partial charge in [0.05, 0.1) is 0 Å². The number of pyridine rings is 1. The van der Waals surface area contributed by atoms with Crippen LogP contribution in [0.15, 0.2) is 42.7 Å². The van der Waals surface area contributed by atoms with Gasteiger partial charge >= 0.3 is 0 Å². The van der Waals surface area contributed by atoms with Crippen molar-refractivity contribution in [3.63, 3.8) is 0 Å². The van der Waals surface area contributed by atoms with Crippen molar-refractivity contribution in [3.05, 3.63) is 59.9 Å². The zero-order valence-corrected chi connectivity index (χ0v) is 8.45. The fourth-order valence-corrected chi connectivity index (χ4v) is 1.36. The van der Waals surface area contributed by atoms with Gasteiger partial charge in [0, 0.05) is 18.9 Å². The second-order valence-corrected chi connectivity index (χ2v) is 3.31. The summed E-state index contributed by atoms with van der Waals surface area (Å²) in [7, 11) is 0. The quantitative estimate of drug-likeness (QED) is 0.860. The molecule has 0 saturated heterocycles. The van der Waals surface area contributed by atoms with E-state index in [0.717, 1.165) is 5.56 Å². The van der Waals surface area contributed by atoms with E-state index in [2.05, 4.69) is 10.3 Å². The number of hydrogen-bond donors (Lipinski definition) is 1. The summed E-state index contributed by atoms with van der Waals surface area (Å²) in [5.74, 6) is -1.19. The van der Waals surface area contributed by atoms with Crippen LogP contribution in [-0.4, -0.2) is 4.98 Å². The Hall–Kier alpha value is -1.97. The minimum atomic E-state index is -0.594. The Morgan fingerprint density at radius 1 is 1.06 bits per heavy atom. The number of benzene rings is 1. The molecule has 2 aromatic rings. The molecule has 0 aliphatic carbocycles. The SMILES string of the molecule is Fc1cccc(F)c1NCc1cccnc1. The second-order valence-electron chi connectivity index (χ2n) is 3.31. The number of hydrogen-bond acceptors (Lipinski definition) is 2. The molecule has 2 nitrogen and oxygen atoms in total. The standard InChI is InChI=1S/C12H10F2N2/c13-10-4-1-5-11(14)12(10)16-8-9-3-2-6-15-7-9/h1-7,16H,8H2. The van der Waals surface area contributed by atoms with E-state index in [9.17, 15) is 8.78 Å². The fourth-order valence-electron chi connectivity index (χ4n) is 1.36. The van der Waals surface area contributed by atoms with Gasteiger partial charge in [-0.05, 0) is 23.8 Å². The first-order chi connectivity index (χ1) is 7.77. The van der Waals surface area contributed by atoms with Crippen LogP contribution in [0.4, 0.5) is 14.5 Å². The summed E-state index contributed by atoms with van der Waals surface area (Å²) in [6.07, 6.45) is 3.29. The Labute approximate surface area is 92.0 Å². The molecule has 0 saturated carbocycles. The molecule has 16 heavy (non-hydrogen) atoms. The molecule has 1 aromatic heterocycles. The Morgan fingerprint density at radius 3 is 2.44 bits per heavy atom. The molecule has 0 aliphatic heterocycles. The minimum Gasteiger partial charge on any atom is -0.376 e. The second kappa shape index (κ2) is 4.70. The van der Waals surface area contributed by atoms with Crippen LogP contribution in [0.25, 0.3) is 0 Å². The third-order valence-corrected chi connectivity index (χ3v) is 2.15. The molecule has 0 radical (unpaired) electrons. The van der Waals surface area contributed by atoms with Gasteiger partial charge in [0.15, 0.2) is 0 Å². The lowest BCUT2D eigenvalue weighted by molar-refractivity contribution is 0.588. The average molecular weight is 220 g/mol. The zero-order chi connectivity index (χ0) is 11.4. The van der Waals surface area contributed by atoms with Crippen LogP contribution < -0.4 is 5.32 Å². The highest BCUT2D eigenvalue weighted by Gasteiger charge is 2.06. The Kier molecular flexibility index (Phi) is 3.10. The molecule has 0 spiro atoms. The molecular weight excluding hydrogens is 210 g/mol. The van der Waals surface area contributed by atoms with Gasteiger partial charge in [-0.2, -0.15) is 0 Å². The summed E-state index contributed by atoms with van der Waals surface area (Å²) in [4.78, 5) is 3.91. The molecule has 1 aromatic carbocycles. The van der Waals surface area contributed by atoms with E-state index in [4.69, 9.17) is 0 Å². The van der Waals surface area contributed by atoms with Crippen molar-refractivity contribution >= 4 is 5.69 Å². The van der Waals surface area contributed by atoms with Crippen molar-refractivity contribution in [1.29, 1.82) is 0 Å². The third-order valence-electron chi connectivity index (χ3n) is 2.15. The van der Waals surface area contributed by atoms with Crippen LogP contribution in [0.2, 0.25) is 0 Å². The Balaban J connectivity index is 2.11. The largest absolute Gasteiger partial charge is 0.376 e. The van der Waals surface area contributed by atoms with Crippen molar-refractivity contribution in [2.24, 2.45) is 0 Å². The number of nitrogens with zero attached hydrogens (tertiary/aromatic N) is 1. The fraction of sp³-hybridized carbons (Fsp3) is 0.0833. The average Bonchev–Trinajstić information content (AvgIpc) is 2.30. The highest BCUT2D eigenvalue weighted by molar-refractivity contribution is 5.46. The van der Waals surface area contributed by atoms with Crippen LogP contribution in [0.3, 0.4) is 0 Å². The molecule has 4 heteroatoms. The summed E-state index contributed by atoms with van der Waals surface area (Å²) in [6, 6.07) is 7.37. The van der Waals surface area contributed by atoms with Crippen LogP contribution in [-0.2, 0) is 6.54 Å². The summed E-state index contributed by atoms with van der Waals surface area (Å²) >= 11 is 0. The lowest BCUT2D eigenvalue weighted by Crippen LogP contribution is -2.03. The predicted molar refractivity (Wildman–Crippen MR) is 57.9 cm³/mol. The van der Waals surface area contributed by atoms with Gasteiger partial charge in [0.2, 0.25) is 0 Å². The summed E-state index contributed by atoms with van der Waals surface area (Å²) in [5, 5.41) is 2.71. The molecule has 1 N–H and O–H groups in total. The number of aromatic nitrogens is 1. The van der Waals surface area contributed by atoms with Gasteiger partial charge in [-0.1, -0.05) is 12.1 Å². The lowest BCUT2D eigenvalue weighted by Gasteiger charge is -2.08. The number of anilines is 1. The molecular formula is C12H10F2N2. The van der Waals surface area contributed by atoms with Crippen molar-refractivity contribution in [2.45, 2.75) is 6.54 Å². The van der Waals surface area contributed by atoms with Crippen molar-refractivity contribution in [3.8, 4) is 0 Å². The van der Waals surface area contributed by atoms with E-state index >= 15 is 0 Å². The molecule has 0 aliphatic rings. The van der Waals surface area contributed by atoms with Gasteiger partial charge in [-0.3, -0.25) is 4.98 Å². The number of para-hydroxylation sites is 1. The molecule has 0 atom stereocenters. The van der Waals surface area contributed by atoms with Crippen molar-refractivity contribution in [2.75, 3.05) is 5.32 Å². The number of halogens is 2. The van der Waals surface area contributed by atoms with Gasteiger partial charge in [-0.15, -0.1) is 0 Å². The maximum atomic E-state index is 13.2. The Bertz CT molecular complexity index is 451. The summed E-state index contributed by atoms with van der Waals surface area (Å²) < 4.78 is 26.5. The van der Waals surface area contributed by atoms with E-state index < -0.39 is 11.6 Å². The molecule has 2 rings (SSSR count). The monoisotopic (exact) mass is 220 g/mol.